The van der Waals surface area contributed by atoms with Crippen LogP contribution in [0, 0.1) is 0 Å². The summed E-state index contributed by atoms with van der Waals surface area (Å²) in [7, 11) is 0. The van der Waals surface area contributed by atoms with E-state index in [1.807, 2.05) is 24.6 Å². The van der Waals surface area contributed by atoms with E-state index in [0.29, 0.717) is 10.6 Å². The van der Waals surface area contributed by atoms with Crippen molar-refractivity contribution < 1.29 is 4.79 Å². The molecule has 0 bridgehead atoms. The fourth-order valence-electron chi connectivity index (χ4n) is 1.79. The van der Waals surface area contributed by atoms with Gasteiger partial charge in [-0.05, 0) is 38.1 Å². The van der Waals surface area contributed by atoms with Gasteiger partial charge in [0.1, 0.15) is 0 Å². The van der Waals surface area contributed by atoms with Crippen LogP contribution in [0.5, 0.6) is 0 Å². The topological polar surface area (TPSA) is 34.9 Å². The van der Waals surface area contributed by atoms with Crippen molar-refractivity contribution in [3.05, 3.63) is 41.0 Å². The molecular weight excluding hydrogens is 236 g/mol. The van der Waals surface area contributed by atoms with E-state index in [1.165, 1.54) is 0 Å². The van der Waals surface area contributed by atoms with E-state index >= 15 is 0 Å². The Labute approximate surface area is 105 Å². The Kier molecular flexibility index (Phi) is 3.29. The van der Waals surface area contributed by atoms with Gasteiger partial charge in [0.2, 0.25) is 0 Å². The molecule has 1 heterocycles. The van der Waals surface area contributed by atoms with Crippen LogP contribution in [0.15, 0.2) is 30.5 Å². The second kappa shape index (κ2) is 4.72. The Morgan fingerprint density at radius 2 is 2.12 bits per heavy atom. The van der Waals surface area contributed by atoms with E-state index in [1.54, 1.807) is 24.4 Å². The summed E-state index contributed by atoms with van der Waals surface area (Å²) in [5, 5.41) is 4.87. The molecule has 0 atom stereocenters. The van der Waals surface area contributed by atoms with Crippen LogP contribution in [0.1, 0.15) is 30.2 Å². The van der Waals surface area contributed by atoms with Crippen LogP contribution < -0.4 is 0 Å². The number of carbonyl (C=O) groups excluding carboxylic acids is 1. The van der Waals surface area contributed by atoms with Crippen LogP contribution in [0.25, 0.3) is 11.3 Å². The van der Waals surface area contributed by atoms with Crippen molar-refractivity contribution in [2.75, 3.05) is 0 Å². The highest BCUT2D eigenvalue weighted by Gasteiger charge is 2.12. The summed E-state index contributed by atoms with van der Waals surface area (Å²) in [4.78, 5) is 11.0. The van der Waals surface area contributed by atoms with Gasteiger partial charge in [0, 0.05) is 28.4 Å². The second-order valence-corrected chi connectivity index (χ2v) is 4.54. The van der Waals surface area contributed by atoms with Gasteiger partial charge in [-0.2, -0.15) is 5.10 Å². The molecule has 0 aliphatic carbocycles. The quantitative estimate of drug-likeness (QED) is 0.778. The van der Waals surface area contributed by atoms with Crippen molar-refractivity contribution in [1.29, 1.82) is 0 Å². The van der Waals surface area contributed by atoms with Gasteiger partial charge in [0.25, 0.3) is 0 Å². The van der Waals surface area contributed by atoms with Gasteiger partial charge in [-0.25, -0.2) is 0 Å². The SMILES string of the molecule is CC(C)n1nccc1-c1cc(Cl)ccc1C=O. The number of halogens is 1. The molecule has 2 aromatic rings. The van der Waals surface area contributed by atoms with Crippen molar-refractivity contribution in [2.45, 2.75) is 19.9 Å². The number of rotatable bonds is 3. The van der Waals surface area contributed by atoms with Crippen LogP contribution in [0.2, 0.25) is 5.02 Å². The summed E-state index contributed by atoms with van der Waals surface area (Å²) in [6, 6.07) is 7.35. The summed E-state index contributed by atoms with van der Waals surface area (Å²) in [5.41, 5.74) is 2.35. The lowest BCUT2D eigenvalue weighted by Gasteiger charge is -2.12. The zero-order valence-electron chi connectivity index (χ0n) is 9.72. The van der Waals surface area contributed by atoms with E-state index in [-0.39, 0.29) is 6.04 Å². The molecule has 88 valence electrons. The number of nitrogens with zero attached hydrogens (tertiary/aromatic N) is 2. The standard InChI is InChI=1S/C13H13ClN2O/c1-9(2)16-13(5-6-15-16)12-7-11(14)4-3-10(12)8-17/h3-9H,1-2H3. The van der Waals surface area contributed by atoms with Crippen LogP contribution >= 0.6 is 11.6 Å². The number of hydrogen-bond donors (Lipinski definition) is 0. The first kappa shape index (κ1) is 11.9. The first-order chi connectivity index (χ1) is 8.13. The summed E-state index contributed by atoms with van der Waals surface area (Å²) in [5.74, 6) is 0. The fourth-order valence-corrected chi connectivity index (χ4v) is 1.96. The lowest BCUT2D eigenvalue weighted by molar-refractivity contribution is 0.112. The average molecular weight is 249 g/mol. The van der Waals surface area contributed by atoms with Crippen molar-refractivity contribution in [2.24, 2.45) is 0 Å². The third kappa shape index (κ3) is 2.24. The summed E-state index contributed by atoms with van der Waals surface area (Å²) in [6.45, 7) is 4.09. The smallest absolute Gasteiger partial charge is 0.150 e. The zero-order valence-corrected chi connectivity index (χ0v) is 10.5. The molecule has 4 heteroatoms. The van der Waals surface area contributed by atoms with Crippen molar-refractivity contribution in [3.63, 3.8) is 0 Å². The number of hydrogen-bond acceptors (Lipinski definition) is 2. The van der Waals surface area contributed by atoms with Gasteiger partial charge in [0.15, 0.2) is 6.29 Å². The molecule has 3 nitrogen and oxygen atoms in total. The number of carbonyl (C=O) groups is 1. The monoisotopic (exact) mass is 248 g/mol. The fraction of sp³-hybridized carbons (Fsp3) is 0.231. The van der Waals surface area contributed by atoms with Gasteiger partial charge in [-0.15, -0.1) is 0 Å². The van der Waals surface area contributed by atoms with E-state index < -0.39 is 0 Å². The maximum atomic E-state index is 11.0. The Morgan fingerprint density at radius 3 is 2.76 bits per heavy atom. The average Bonchev–Trinajstić information content (AvgIpc) is 2.77. The summed E-state index contributed by atoms with van der Waals surface area (Å²) in [6.07, 6.45) is 2.56. The molecule has 0 saturated carbocycles. The largest absolute Gasteiger partial charge is 0.298 e. The molecule has 1 aromatic heterocycles. The molecule has 0 radical (unpaired) electrons. The molecule has 0 spiro atoms. The molecule has 0 unspecified atom stereocenters. The number of benzene rings is 1. The molecule has 2 rings (SSSR count). The van der Waals surface area contributed by atoms with Gasteiger partial charge < -0.3 is 0 Å². The minimum absolute atomic E-state index is 0.235. The van der Waals surface area contributed by atoms with Gasteiger partial charge in [-0.1, -0.05) is 11.6 Å². The van der Waals surface area contributed by atoms with Crippen molar-refractivity contribution in [3.8, 4) is 11.3 Å². The lowest BCUT2D eigenvalue weighted by Crippen LogP contribution is -2.05. The summed E-state index contributed by atoms with van der Waals surface area (Å²) >= 11 is 5.98. The first-order valence-electron chi connectivity index (χ1n) is 5.42. The number of aldehydes is 1. The van der Waals surface area contributed by atoms with Gasteiger partial charge in [0.05, 0.1) is 5.69 Å². The Hall–Kier alpha value is -1.61. The molecule has 0 saturated heterocycles. The molecule has 0 aliphatic heterocycles. The predicted molar refractivity (Wildman–Crippen MR) is 68.4 cm³/mol. The van der Waals surface area contributed by atoms with Crippen LogP contribution in [0.3, 0.4) is 0 Å². The third-order valence-electron chi connectivity index (χ3n) is 2.58. The van der Waals surface area contributed by atoms with Crippen LogP contribution in [-0.2, 0) is 0 Å². The highest BCUT2D eigenvalue weighted by Crippen LogP contribution is 2.27. The minimum Gasteiger partial charge on any atom is -0.298 e. The minimum atomic E-state index is 0.235. The van der Waals surface area contributed by atoms with Gasteiger partial charge >= 0.3 is 0 Å². The maximum absolute atomic E-state index is 11.0. The Balaban J connectivity index is 2.63. The molecule has 0 fully saturated rings. The second-order valence-electron chi connectivity index (χ2n) is 4.10. The van der Waals surface area contributed by atoms with E-state index in [9.17, 15) is 4.79 Å². The van der Waals surface area contributed by atoms with E-state index in [2.05, 4.69) is 5.10 Å². The third-order valence-corrected chi connectivity index (χ3v) is 2.81. The Morgan fingerprint density at radius 1 is 1.35 bits per heavy atom. The van der Waals surface area contributed by atoms with Crippen LogP contribution in [-0.4, -0.2) is 16.1 Å². The predicted octanol–water partition coefficient (Wildman–Crippen LogP) is 3.60. The molecule has 1 aromatic carbocycles. The highest BCUT2D eigenvalue weighted by atomic mass is 35.5. The van der Waals surface area contributed by atoms with E-state index in [0.717, 1.165) is 17.5 Å². The zero-order chi connectivity index (χ0) is 12.4. The molecule has 17 heavy (non-hydrogen) atoms. The number of aromatic nitrogens is 2. The van der Waals surface area contributed by atoms with E-state index in [4.69, 9.17) is 11.6 Å². The molecule has 0 amide bonds. The first-order valence-corrected chi connectivity index (χ1v) is 5.80. The van der Waals surface area contributed by atoms with Gasteiger partial charge in [-0.3, -0.25) is 9.48 Å². The van der Waals surface area contributed by atoms with Crippen molar-refractivity contribution >= 4 is 17.9 Å². The lowest BCUT2D eigenvalue weighted by atomic mass is 10.1. The highest BCUT2D eigenvalue weighted by molar-refractivity contribution is 6.31. The van der Waals surface area contributed by atoms with Crippen molar-refractivity contribution in [1.82, 2.24) is 9.78 Å². The Bertz CT molecular complexity index is 546. The molecule has 0 aliphatic rings. The maximum Gasteiger partial charge on any atom is 0.150 e. The normalized spacial score (nSPS) is 10.8. The summed E-state index contributed by atoms with van der Waals surface area (Å²) < 4.78 is 1.87. The van der Waals surface area contributed by atoms with Crippen LogP contribution in [0.4, 0.5) is 0 Å². The molecular formula is C13H13ClN2O. The molecule has 0 N–H and O–H groups in total.